The number of nitrogens with zero attached hydrogens (tertiary/aromatic N) is 1. The van der Waals surface area contributed by atoms with Gasteiger partial charge in [0.2, 0.25) is 10.0 Å². The number of terminal acetylenes is 1. The maximum absolute atomic E-state index is 12.6. The summed E-state index contributed by atoms with van der Waals surface area (Å²) in [4.78, 5) is -0.0485. The summed E-state index contributed by atoms with van der Waals surface area (Å²) in [5, 5.41) is 0.123. The molecule has 1 aromatic rings. The summed E-state index contributed by atoms with van der Waals surface area (Å²) < 4.78 is 26.5. The molecular weight excluding hydrogens is 284 g/mol. The van der Waals surface area contributed by atoms with Gasteiger partial charge in [-0.15, -0.1) is 6.42 Å². The Labute approximate surface area is 118 Å². The van der Waals surface area contributed by atoms with Crippen LogP contribution < -0.4 is 5.73 Å². The van der Waals surface area contributed by atoms with E-state index in [0.29, 0.717) is 12.5 Å². The van der Waals surface area contributed by atoms with Crippen molar-refractivity contribution in [2.45, 2.75) is 17.7 Å². The SMILES string of the molecule is C#CCN(CC1CC1)S(=O)(=O)c1c(N)cccc1Cl. The highest BCUT2D eigenvalue weighted by molar-refractivity contribution is 7.89. The second-order valence-electron chi connectivity index (χ2n) is 4.60. The van der Waals surface area contributed by atoms with Crippen LogP contribution in [0.25, 0.3) is 0 Å². The van der Waals surface area contributed by atoms with Gasteiger partial charge in [0, 0.05) is 6.54 Å². The van der Waals surface area contributed by atoms with Crippen LogP contribution in [0.15, 0.2) is 23.1 Å². The molecule has 1 saturated carbocycles. The van der Waals surface area contributed by atoms with Crippen LogP contribution in [0, 0.1) is 18.3 Å². The lowest BCUT2D eigenvalue weighted by molar-refractivity contribution is 0.430. The molecule has 4 nitrogen and oxygen atoms in total. The average Bonchev–Trinajstić information content (AvgIpc) is 3.12. The van der Waals surface area contributed by atoms with Gasteiger partial charge in [0.05, 0.1) is 17.3 Å². The summed E-state index contributed by atoms with van der Waals surface area (Å²) >= 11 is 5.97. The van der Waals surface area contributed by atoms with Crippen molar-refractivity contribution < 1.29 is 8.42 Å². The monoisotopic (exact) mass is 298 g/mol. The number of nitrogen functional groups attached to an aromatic ring is 1. The molecule has 0 amide bonds. The highest BCUT2D eigenvalue weighted by Gasteiger charge is 2.33. The normalized spacial score (nSPS) is 15.4. The molecule has 1 fully saturated rings. The van der Waals surface area contributed by atoms with E-state index in [1.54, 1.807) is 6.07 Å². The van der Waals surface area contributed by atoms with Crippen molar-refractivity contribution in [2.24, 2.45) is 5.92 Å². The Morgan fingerprint density at radius 3 is 2.68 bits per heavy atom. The van der Waals surface area contributed by atoms with Crippen LogP contribution in [-0.4, -0.2) is 25.8 Å². The first-order chi connectivity index (χ1) is 8.96. The second kappa shape index (κ2) is 5.41. The van der Waals surface area contributed by atoms with Crippen molar-refractivity contribution in [3.63, 3.8) is 0 Å². The number of hydrogen-bond acceptors (Lipinski definition) is 3. The first kappa shape index (κ1) is 14.2. The largest absolute Gasteiger partial charge is 0.398 e. The summed E-state index contributed by atoms with van der Waals surface area (Å²) in [6.07, 6.45) is 7.33. The van der Waals surface area contributed by atoms with Gasteiger partial charge in [-0.3, -0.25) is 0 Å². The Morgan fingerprint density at radius 2 is 2.16 bits per heavy atom. The van der Waals surface area contributed by atoms with Crippen LogP contribution >= 0.6 is 11.6 Å². The summed E-state index contributed by atoms with van der Waals surface area (Å²) in [6.45, 7) is 0.459. The van der Waals surface area contributed by atoms with Gasteiger partial charge in [0.25, 0.3) is 0 Å². The molecule has 19 heavy (non-hydrogen) atoms. The summed E-state index contributed by atoms with van der Waals surface area (Å²) in [5.41, 5.74) is 5.89. The average molecular weight is 299 g/mol. The fraction of sp³-hybridized carbons (Fsp3) is 0.385. The van der Waals surface area contributed by atoms with Crippen LogP contribution in [0.4, 0.5) is 5.69 Å². The molecule has 2 N–H and O–H groups in total. The topological polar surface area (TPSA) is 63.4 Å². The Kier molecular flexibility index (Phi) is 4.04. The van der Waals surface area contributed by atoms with Crippen molar-refractivity contribution in [2.75, 3.05) is 18.8 Å². The second-order valence-corrected chi connectivity index (χ2v) is 6.89. The van der Waals surface area contributed by atoms with Gasteiger partial charge in [-0.05, 0) is 30.9 Å². The standard InChI is InChI=1S/C13H15ClN2O2S/c1-2-8-16(9-10-6-7-10)19(17,18)13-11(14)4-3-5-12(13)15/h1,3-5,10H,6-9,15H2. The van der Waals surface area contributed by atoms with Gasteiger partial charge in [0.1, 0.15) is 4.90 Å². The molecule has 1 aliphatic carbocycles. The fourth-order valence-corrected chi connectivity index (χ4v) is 3.93. The molecule has 0 aliphatic heterocycles. The van der Waals surface area contributed by atoms with Crippen molar-refractivity contribution in [1.82, 2.24) is 4.31 Å². The lowest BCUT2D eigenvalue weighted by Gasteiger charge is -2.21. The minimum atomic E-state index is -3.75. The van der Waals surface area contributed by atoms with Gasteiger partial charge in [-0.2, -0.15) is 4.31 Å². The number of nitrogens with two attached hydrogens (primary N) is 1. The maximum atomic E-state index is 12.6. The van der Waals surface area contributed by atoms with Gasteiger partial charge < -0.3 is 5.73 Å². The van der Waals surface area contributed by atoms with Crippen LogP contribution in [0.1, 0.15) is 12.8 Å². The van der Waals surface area contributed by atoms with Crippen LogP contribution in [-0.2, 0) is 10.0 Å². The van der Waals surface area contributed by atoms with E-state index in [2.05, 4.69) is 5.92 Å². The minimum Gasteiger partial charge on any atom is -0.398 e. The Balaban J connectivity index is 2.41. The van der Waals surface area contributed by atoms with Crippen molar-refractivity contribution in [3.8, 4) is 12.3 Å². The zero-order valence-corrected chi connectivity index (χ0v) is 11.9. The first-order valence-corrected chi connectivity index (χ1v) is 7.76. The molecule has 1 aliphatic rings. The van der Waals surface area contributed by atoms with E-state index in [4.69, 9.17) is 23.8 Å². The molecule has 0 radical (unpaired) electrons. The van der Waals surface area contributed by atoms with E-state index in [1.165, 1.54) is 16.4 Å². The molecule has 6 heteroatoms. The minimum absolute atomic E-state index is 0.0312. The number of rotatable bonds is 5. The molecule has 2 rings (SSSR count). The lowest BCUT2D eigenvalue weighted by atomic mass is 10.3. The van der Waals surface area contributed by atoms with E-state index < -0.39 is 10.0 Å². The van der Waals surface area contributed by atoms with E-state index in [1.807, 2.05) is 0 Å². The van der Waals surface area contributed by atoms with E-state index >= 15 is 0 Å². The third-order valence-corrected chi connectivity index (χ3v) is 5.38. The van der Waals surface area contributed by atoms with E-state index in [0.717, 1.165) is 12.8 Å². The number of hydrogen-bond donors (Lipinski definition) is 1. The molecule has 0 heterocycles. The van der Waals surface area contributed by atoms with Crippen LogP contribution in [0.2, 0.25) is 5.02 Å². The molecule has 102 valence electrons. The van der Waals surface area contributed by atoms with Gasteiger partial charge in [-0.25, -0.2) is 8.42 Å². The summed E-state index contributed by atoms with van der Waals surface area (Å²) in [6, 6.07) is 4.64. The predicted molar refractivity (Wildman–Crippen MR) is 76.2 cm³/mol. The molecule has 0 saturated heterocycles. The van der Waals surface area contributed by atoms with Crippen molar-refractivity contribution >= 4 is 27.3 Å². The van der Waals surface area contributed by atoms with Gasteiger partial charge >= 0.3 is 0 Å². The third kappa shape index (κ3) is 3.03. The Bertz CT molecular complexity index is 598. The highest BCUT2D eigenvalue weighted by Crippen LogP contribution is 2.34. The molecule has 0 aromatic heterocycles. The quantitative estimate of drug-likeness (QED) is 0.667. The summed E-state index contributed by atoms with van der Waals surface area (Å²) in [7, 11) is -3.75. The number of sulfonamides is 1. The zero-order chi connectivity index (χ0) is 14.0. The smallest absolute Gasteiger partial charge is 0.247 e. The fourth-order valence-electron chi connectivity index (χ4n) is 1.86. The number of anilines is 1. The van der Waals surface area contributed by atoms with Crippen molar-refractivity contribution in [1.29, 1.82) is 0 Å². The van der Waals surface area contributed by atoms with E-state index in [-0.39, 0.29) is 22.2 Å². The van der Waals surface area contributed by atoms with Gasteiger partial charge in [0.15, 0.2) is 0 Å². The number of halogens is 1. The van der Waals surface area contributed by atoms with Crippen LogP contribution in [0.5, 0.6) is 0 Å². The van der Waals surface area contributed by atoms with Gasteiger partial charge in [-0.1, -0.05) is 23.6 Å². The zero-order valence-electron chi connectivity index (χ0n) is 10.3. The van der Waals surface area contributed by atoms with Crippen molar-refractivity contribution in [3.05, 3.63) is 23.2 Å². The lowest BCUT2D eigenvalue weighted by Crippen LogP contribution is -2.34. The molecule has 0 bridgehead atoms. The maximum Gasteiger partial charge on any atom is 0.247 e. The Morgan fingerprint density at radius 1 is 1.47 bits per heavy atom. The molecule has 0 atom stereocenters. The van der Waals surface area contributed by atoms with E-state index in [9.17, 15) is 8.42 Å². The molecular formula is C13H15ClN2O2S. The highest BCUT2D eigenvalue weighted by atomic mass is 35.5. The first-order valence-electron chi connectivity index (χ1n) is 5.94. The Hall–Kier alpha value is -1.22. The molecule has 1 aromatic carbocycles. The van der Waals surface area contributed by atoms with Crippen LogP contribution in [0.3, 0.4) is 0 Å². The third-order valence-electron chi connectivity index (χ3n) is 3.02. The number of benzene rings is 1. The molecule has 0 unspecified atom stereocenters. The molecule has 0 spiro atoms. The summed E-state index contributed by atoms with van der Waals surface area (Å²) in [5.74, 6) is 2.77. The predicted octanol–water partition coefficient (Wildman–Crippen LogP) is 1.96.